The molecule has 0 aliphatic carbocycles. The Morgan fingerprint density at radius 3 is 2.50 bits per heavy atom. The van der Waals surface area contributed by atoms with Crippen LogP contribution in [0.1, 0.15) is 22.8 Å². The Morgan fingerprint density at radius 1 is 1.19 bits per heavy atom. The highest BCUT2D eigenvalue weighted by Crippen LogP contribution is 2.42. The van der Waals surface area contributed by atoms with E-state index in [2.05, 4.69) is 0 Å². The minimum atomic E-state index is -1.08. The lowest BCUT2D eigenvalue weighted by atomic mass is 9.87. The van der Waals surface area contributed by atoms with Crippen molar-refractivity contribution in [2.24, 2.45) is 5.73 Å². The van der Waals surface area contributed by atoms with Crippen LogP contribution in [0.15, 0.2) is 45.1 Å². The minimum absolute atomic E-state index is 0.00344. The first kappa shape index (κ1) is 17.3. The van der Waals surface area contributed by atoms with Crippen molar-refractivity contribution in [2.75, 3.05) is 14.2 Å². The van der Waals surface area contributed by atoms with Crippen molar-refractivity contribution in [1.29, 1.82) is 0 Å². The second kappa shape index (κ2) is 6.43. The Bertz CT molecular complexity index is 978. The van der Waals surface area contributed by atoms with Crippen LogP contribution in [0.25, 0.3) is 0 Å². The minimum Gasteiger partial charge on any atom is -0.493 e. The van der Waals surface area contributed by atoms with E-state index >= 15 is 0 Å². The Morgan fingerprint density at radius 2 is 1.88 bits per heavy atom. The van der Waals surface area contributed by atoms with Gasteiger partial charge in [-0.25, -0.2) is 4.79 Å². The smallest absolute Gasteiger partial charge is 0.344 e. The van der Waals surface area contributed by atoms with Gasteiger partial charge in [0.05, 0.1) is 24.7 Å². The number of nitro groups is 1. The number of ether oxygens (including phenoxy) is 3. The van der Waals surface area contributed by atoms with Crippen LogP contribution in [0.4, 0.5) is 0 Å². The molecule has 26 heavy (non-hydrogen) atoms. The lowest BCUT2D eigenvalue weighted by Gasteiger charge is -2.23. The first-order valence-corrected chi connectivity index (χ1v) is 7.55. The van der Waals surface area contributed by atoms with Gasteiger partial charge in [0, 0.05) is 6.07 Å². The molecule has 1 aliphatic heterocycles. The molecule has 0 unspecified atom stereocenters. The predicted molar refractivity (Wildman–Crippen MR) is 89.9 cm³/mol. The van der Waals surface area contributed by atoms with Crippen molar-refractivity contribution < 1.29 is 23.6 Å². The van der Waals surface area contributed by atoms with Crippen molar-refractivity contribution in [3.05, 3.63) is 73.3 Å². The summed E-state index contributed by atoms with van der Waals surface area (Å²) in [6.45, 7) is 1.57. The molecule has 0 radical (unpaired) electrons. The summed E-state index contributed by atoms with van der Waals surface area (Å²) in [5, 5.41) is 11.6. The van der Waals surface area contributed by atoms with E-state index in [1.807, 2.05) is 0 Å². The van der Waals surface area contributed by atoms with Crippen molar-refractivity contribution >= 4 is 0 Å². The number of fused-ring (bicyclic) bond motifs is 1. The summed E-state index contributed by atoms with van der Waals surface area (Å²) in [7, 11) is 2.91. The first-order chi connectivity index (χ1) is 12.4. The highest BCUT2D eigenvalue weighted by molar-refractivity contribution is 5.52. The number of benzene rings is 1. The normalized spacial score (nSPS) is 15.9. The molecule has 1 aliphatic rings. The van der Waals surface area contributed by atoms with Crippen molar-refractivity contribution in [3.8, 4) is 17.2 Å². The van der Waals surface area contributed by atoms with Crippen LogP contribution >= 0.6 is 0 Å². The molecular weight excluding hydrogens is 344 g/mol. The number of hydrogen-bond acceptors (Lipinski definition) is 8. The van der Waals surface area contributed by atoms with Gasteiger partial charge in [-0.15, -0.1) is 0 Å². The third-order valence-corrected chi connectivity index (χ3v) is 4.05. The van der Waals surface area contributed by atoms with E-state index in [4.69, 9.17) is 24.4 Å². The van der Waals surface area contributed by atoms with E-state index in [-0.39, 0.29) is 17.2 Å². The summed E-state index contributed by atoms with van der Waals surface area (Å²) in [4.78, 5) is 23.4. The number of nitrogens with two attached hydrogens (primary N) is 1. The topological polar surface area (TPSA) is 127 Å². The van der Waals surface area contributed by atoms with Crippen LogP contribution in [0.2, 0.25) is 0 Å². The standard InChI is InChI=1S/C17H16N2O7/c1-8-6-12-14(17(20)25-8)13(15(19(21)22)16(18)26-12)9-4-5-10(23-2)11(7-9)24-3/h4-7,13H,18H2,1-3H3/t13-/m0/s1. The van der Waals surface area contributed by atoms with Crippen molar-refractivity contribution in [3.63, 3.8) is 0 Å². The van der Waals surface area contributed by atoms with Crippen LogP contribution < -0.4 is 25.6 Å². The predicted octanol–water partition coefficient (Wildman–Crippen LogP) is 1.89. The summed E-state index contributed by atoms with van der Waals surface area (Å²) in [6.07, 6.45) is 0. The van der Waals surface area contributed by atoms with E-state index < -0.39 is 22.2 Å². The summed E-state index contributed by atoms with van der Waals surface area (Å²) in [5.74, 6) is -0.230. The molecule has 2 N–H and O–H groups in total. The van der Waals surface area contributed by atoms with Gasteiger partial charge in [-0.1, -0.05) is 6.07 Å². The molecular formula is C17H16N2O7. The van der Waals surface area contributed by atoms with Gasteiger partial charge in [0.25, 0.3) is 5.88 Å². The molecule has 136 valence electrons. The Hall–Kier alpha value is -3.49. The number of aryl methyl sites for hydroxylation is 1. The fraction of sp³-hybridized carbons (Fsp3) is 0.235. The van der Waals surface area contributed by atoms with Gasteiger partial charge in [-0.05, 0) is 24.6 Å². The second-order valence-electron chi connectivity index (χ2n) is 5.58. The van der Waals surface area contributed by atoms with E-state index in [9.17, 15) is 14.9 Å². The number of allylic oxidation sites excluding steroid dienone is 1. The molecule has 1 aromatic heterocycles. The van der Waals surface area contributed by atoms with Gasteiger partial charge in [0.15, 0.2) is 11.5 Å². The number of rotatable bonds is 4. The van der Waals surface area contributed by atoms with Crippen LogP contribution in [-0.4, -0.2) is 19.1 Å². The Kier molecular flexibility index (Phi) is 4.29. The third-order valence-electron chi connectivity index (χ3n) is 4.05. The maximum atomic E-state index is 12.4. The Labute approximate surface area is 147 Å². The van der Waals surface area contributed by atoms with Gasteiger partial charge < -0.3 is 24.4 Å². The molecule has 0 bridgehead atoms. The molecule has 0 saturated carbocycles. The maximum absolute atomic E-state index is 12.4. The zero-order valence-corrected chi connectivity index (χ0v) is 14.3. The quantitative estimate of drug-likeness (QED) is 0.647. The largest absolute Gasteiger partial charge is 0.493 e. The van der Waals surface area contributed by atoms with Crippen LogP contribution in [-0.2, 0) is 0 Å². The van der Waals surface area contributed by atoms with E-state index in [1.165, 1.54) is 20.3 Å². The molecule has 0 amide bonds. The number of hydrogen-bond donors (Lipinski definition) is 1. The average molecular weight is 360 g/mol. The zero-order valence-electron chi connectivity index (χ0n) is 14.3. The summed E-state index contributed by atoms with van der Waals surface area (Å²) in [6, 6.07) is 6.20. The van der Waals surface area contributed by atoms with Crippen LogP contribution in [0.5, 0.6) is 17.2 Å². The molecule has 2 aromatic rings. The zero-order chi connectivity index (χ0) is 19.0. The van der Waals surface area contributed by atoms with Gasteiger partial charge >= 0.3 is 11.3 Å². The molecule has 9 heteroatoms. The molecule has 0 saturated heterocycles. The van der Waals surface area contributed by atoms with Crippen molar-refractivity contribution in [2.45, 2.75) is 12.8 Å². The highest BCUT2D eigenvalue weighted by atomic mass is 16.6. The van der Waals surface area contributed by atoms with Gasteiger partial charge in [0.2, 0.25) is 0 Å². The Balaban J connectivity index is 2.30. The number of nitrogens with zero attached hydrogens (tertiary/aromatic N) is 1. The summed E-state index contributed by atoms with van der Waals surface area (Å²) in [5.41, 5.74) is 5.02. The summed E-state index contributed by atoms with van der Waals surface area (Å²) >= 11 is 0. The maximum Gasteiger partial charge on any atom is 0.344 e. The molecule has 1 atom stereocenters. The van der Waals surface area contributed by atoms with Crippen LogP contribution in [0.3, 0.4) is 0 Å². The van der Waals surface area contributed by atoms with E-state index in [0.29, 0.717) is 22.8 Å². The first-order valence-electron chi connectivity index (χ1n) is 7.55. The van der Waals surface area contributed by atoms with Crippen LogP contribution in [0, 0.1) is 17.0 Å². The molecule has 0 fully saturated rings. The van der Waals surface area contributed by atoms with Crippen molar-refractivity contribution in [1.82, 2.24) is 0 Å². The monoisotopic (exact) mass is 360 g/mol. The van der Waals surface area contributed by atoms with E-state index in [0.717, 1.165) is 0 Å². The van der Waals surface area contributed by atoms with E-state index in [1.54, 1.807) is 25.1 Å². The fourth-order valence-corrected chi connectivity index (χ4v) is 2.94. The fourth-order valence-electron chi connectivity index (χ4n) is 2.94. The molecule has 9 nitrogen and oxygen atoms in total. The molecule has 3 rings (SSSR count). The lowest BCUT2D eigenvalue weighted by Crippen LogP contribution is -2.29. The SMILES string of the molecule is COc1ccc([C@@H]2C([N+](=O)[O-])=C(N)Oc3cc(C)oc(=O)c32)cc1OC. The van der Waals surface area contributed by atoms with Gasteiger partial charge in [-0.3, -0.25) is 10.1 Å². The summed E-state index contributed by atoms with van der Waals surface area (Å²) < 4.78 is 20.9. The second-order valence-corrected chi connectivity index (χ2v) is 5.58. The lowest BCUT2D eigenvalue weighted by molar-refractivity contribution is -0.432. The molecule has 2 heterocycles. The highest BCUT2D eigenvalue weighted by Gasteiger charge is 2.41. The average Bonchev–Trinajstić information content (AvgIpc) is 2.59. The number of methoxy groups -OCH3 is 2. The van der Waals surface area contributed by atoms with Gasteiger partial charge in [0.1, 0.15) is 17.4 Å². The molecule has 0 spiro atoms. The molecule has 1 aromatic carbocycles. The van der Waals surface area contributed by atoms with Gasteiger partial charge in [-0.2, -0.15) is 0 Å². The third kappa shape index (κ3) is 2.73.